The molecule has 0 aliphatic rings. The van der Waals surface area contributed by atoms with Crippen molar-refractivity contribution in [3.63, 3.8) is 0 Å². The number of benzene rings is 1. The van der Waals surface area contributed by atoms with E-state index in [0.29, 0.717) is 16.9 Å². The van der Waals surface area contributed by atoms with Gasteiger partial charge in [0, 0.05) is 30.5 Å². The number of rotatable bonds is 5. The van der Waals surface area contributed by atoms with Crippen molar-refractivity contribution in [2.75, 3.05) is 5.32 Å². The smallest absolute Gasteiger partial charge is 0.364 e. The Morgan fingerprint density at radius 2 is 1.97 bits per heavy atom. The number of alkyl halides is 3. The first-order chi connectivity index (χ1) is 14.3. The van der Waals surface area contributed by atoms with Crippen LogP contribution in [-0.2, 0) is 12.7 Å². The van der Waals surface area contributed by atoms with Crippen LogP contribution < -0.4 is 5.32 Å². The Bertz CT molecular complexity index is 1180. The molecule has 0 unspecified atom stereocenters. The number of anilines is 1. The van der Waals surface area contributed by atoms with Crippen LogP contribution in [0, 0.1) is 0 Å². The third-order valence-electron chi connectivity index (χ3n) is 4.59. The quantitative estimate of drug-likeness (QED) is 0.452. The summed E-state index contributed by atoms with van der Waals surface area (Å²) in [5.41, 5.74) is 0.514. The lowest BCUT2D eigenvalue weighted by Gasteiger charge is -2.18. The average molecular weight is 436 g/mol. The van der Waals surface area contributed by atoms with Crippen LogP contribution in [0.15, 0.2) is 43.0 Å². The van der Waals surface area contributed by atoms with E-state index in [1.807, 2.05) is 18.4 Å². The van der Waals surface area contributed by atoms with E-state index in [1.54, 1.807) is 24.7 Å². The summed E-state index contributed by atoms with van der Waals surface area (Å²) in [5, 5.41) is 7.01. The molecule has 0 atom stereocenters. The molecule has 1 aromatic carbocycles. The van der Waals surface area contributed by atoms with Gasteiger partial charge in [-0.25, -0.2) is 9.67 Å². The minimum absolute atomic E-state index is 0.0243. The van der Waals surface area contributed by atoms with Crippen LogP contribution in [0.3, 0.4) is 0 Å². The molecule has 0 aliphatic heterocycles. The predicted octanol–water partition coefficient (Wildman–Crippen LogP) is 4.88. The van der Waals surface area contributed by atoms with Gasteiger partial charge in [0.05, 0.1) is 17.6 Å². The molecule has 1 N–H and O–H groups in total. The van der Waals surface area contributed by atoms with Gasteiger partial charge in [0.15, 0.2) is 17.0 Å². The second-order valence-corrected chi connectivity index (χ2v) is 7.20. The molecule has 3 aromatic heterocycles. The standard InChI is InChI=1S/C19H17ClF3N7/c1-11(2)29-10-25-15-16(27-18(20)28-17(15)29)24-9-12-13(19(21,22)23)5-3-6-14(12)30-8-4-7-26-30/h3-8,10-11H,9H2,1-2H3,(H,24,27,28). The molecule has 0 bridgehead atoms. The van der Waals surface area contributed by atoms with Gasteiger partial charge in [-0.3, -0.25) is 0 Å². The lowest BCUT2D eigenvalue weighted by Crippen LogP contribution is -2.16. The number of aromatic nitrogens is 6. The van der Waals surface area contributed by atoms with Crippen molar-refractivity contribution >= 4 is 28.6 Å². The molecule has 0 aliphatic carbocycles. The predicted molar refractivity (Wildman–Crippen MR) is 107 cm³/mol. The zero-order valence-electron chi connectivity index (χ0n) is 16.0. The monoisotopic (exact) mass is 435 g/mol. The maximum atomic E-state index is 13.7. The van der Waals surface area contributed by atoms with Gasteiger partial charge in [0.25, 0.3) is 0 Å². The highest BCUT2D eigenvalue weighted by molar-refractivity contribution is 6.28. The number of fused-ring (bicyclic) bond motifs is 1. The molecule has 7 nitrogen and oxygen atoms in total. The van der Waals surface area contributed by atoms with E-state index in [9.17, 15) is 13.2 Å². The van der Waals surface area contributed by atoms with E-state index >= 15 is 0 Å². The van der Waals surface area contributed by atoms with Gasteiger partial charge in [-0.1, -0.05) is 6.07 Å². The molecule has 0 saturated heterocycles. The number of halogens is 4. The van der Waals surface area contributed by atoms with E-state index in [-0.39, 0.29) is 29.3 Å². The highest BCUT2D eigenvalue weighted by atomic mass is 35.5. The summed E-state index contributed by atoms with van der Waals surface area (Å²) in [7, 11) is 0. The molecule has 4 aromatic rings. The summed E-state index contributed by atoms with van der Waals surface area (Å²) in [6, 6.07) is 5.69. The zero-order chi connectivity index (χ0) is 21.5. The topological polar surface area (TPSA) is 73.5 Å². The summed E-state index contributed by atoms with van der Waals surface area (Å²) >= 11 is 6.06. The summed E-state index contributed by atoms with van der Waals surface area (Å²) in [5.74, 6) is 0.257. The fourth-order valence-corrected chi connectivity index (χ4v) is 3.38. The Morgan fingerprint density at radius 3 is 2.63 bits per heavy atom. The van der Waals surface area contributed by atoms with Crippen molar-refractivity contribution in [1.29, 1.82) is 0 Å². The van der Waals surface area contributed by atoms with Gasteiger partial charge in [-0.15, -0.1) is 0 Å². The first-order valence-electron chi connectivity index (χ1n) is 9.08. The second-order valence-electron chi connectivity index (χ2n) is 6.86. The largest absolute Gasteiger partial charge is 0.416 e. The zero-order valence-corrected chi connectivity index (χ0v) is 16.8. The maximum absolute atomic E-state index is 13.7. The number of imidazole rings is 1. The van der Waals surface area contributed by atoms with Gasteiger partial charge in [-0.05, 0) is 43.6 Å². The van der Waals surface area contributed by atoms with Crippen molar-refractivity contribution in [2.24, 2.45) is 0 Å². The summed E-state index contributed by atoms with van der Waals surface area (Å²) in [4.78, 5) is 12.7. The molecule has 0 fully saturated rings. The molecule has 156 valence electrons. The normalized spacial score (nSPS) is 12.1. The molecule has 0 saturated carbocycles. The summed E-state index contributed by atoms with van der Waals surface area (Å²) in [6.07, 6.45) is 0.162. The van der Waals surface area contributed by atoms with E-state index in [2.05, 4.69) is 25.4 Å². The van der Waals surface area contributed by atoms with Crippen LogP contribution in [0.1, 0.15) is 31.0 Å². The van der Waals surface area contributed by atoms with Crippen molar-refractivity contribution in [3.05, 3.63) is 59.4 Å². The van der Waals surface area contributed by atoms with Crippen molar-refractivity contribution < 1.29 is 13.2 Å². The van der Waals surface area contributed by atoms with Gasteiger partial charge < -0.3 is 9.88 Å². The van der Waals surface area contributed by atoms with Crippen LogP contribution in [0.4, 0.5) is 19.0 Å². The Hall–Kier alpha value is -3.14. The van der Waals surface area contributed by atoms with Crippen LogP contribution in [0.5, 0.6) is 0 Å². The molecule has 3 heterocycles. The molecule has 4 rings (SSSR count). The number of nitrogens with one attached hydrogen (secondary N) is 1. The minimum atomic E-state index is -4.53. The molecule has 0 spiro atoms. The van der Waals surface area contributed by atoms with Crippen molar-refractivity contribution in [3.8, 4) is 5.69 Å². The van der Waals surface area contributed by atoms with E-state index in [0.717, 1.165) is 6.07 Å². The minimum Gasteiger partial charge on any atom is -0.364 e. The molecular weight excluding hydrogens is 419 g/mol. The molecule has 30 heavy (non-hydrogen) atoms. The number of nitrogens with zero attached hydrogens (tertiary/aromatic N) is 6. The SMILES string of the molecule is CC(C)n1cnc2c(NCc3c(-n4cccn4)cccc3C(F)(F)F)nc(Cl)nc21. The van der Waals surface area contributed by atoms with Crippen LogP contribution >= 0.6 is 11.6 Å². The Morgan fingerprint density at radius 1 is 1.17 bits per heavy atom. The van der Waals surface area contributed by atoms with E-state index in [4.69, 9.17) is 11.6 Å². The fourth-order valence-electron chi connectivity index (χ4n) is 3.22. The molecule has 0 amide bonds. The third-order valence-corrected chi connectivity index (χ3v) is 4.76. The van der Waals surface area contributed by atoms with E-state index < -0.39 is 11.7 Å². The lowest BCUT2D eigenvalue weighted by atomic mass is 10.0. The fraction of sp³-hybridized carbons (Fsp3) is 0.263. The van der Waals surface area contributed by atoms with Gasteiger partial charge in [0.2, 0.25) is 5.28 Å². The average Bonchev–Trinajstić information content (AvgIpc) is 3.34. The summed E-state index contributed by atoms with van der Waals surface area (Å²) < 4.78 is 44.3. The highest BCUT2D eigenvalue weighted by Gasteiger charge is 2.34. The summed E-state index contributed by atoms with van der Waals surface area (Å²) in [6.45, 7) is 3.75. The van der Waals surface area contributed by atoms with Gasteiger partial charge >= 0.3 is 6.18 Å². The molecule has 11 heteroatoms. The van der Waals surface area contributed by atoms with Crippen molar-refractivity contribution in [1.82, 2.24) is 29.3 Å². The number of hydrogen-bond donors (Lipinski definition) is 1. The van der Waals surface area contributed by atoms with Crippen LogP contribution in [0.25, 0.3) is 16.9 Å². The molecular formula is C19H17ClF3N7. The lowest BCUT2D eigenvalue weighted by molar-refractivity contribution is -0.138. The van der Waals surface area contributed by atoms with Crippen molar-refractivity contribution in [2.45, 2.75) is 32.6 Å². The Balaban J connectivity index is 1.78. The second kappa shape index (κ2) is 7.60. The number of hydrogen-bond acceptors (Lipinski definition) is 5. The first-order valence-corrected chi connectivity index (χ1v) is 9.46. The maximum Gasteiger partial charge on any atom is 0.416 e. The molecule has 0 radical (unpaired) electrons. The van der Waals surface area contributed by atoms with E-state index in [1.165, 1.54) is 16.9 Å². The third kappa shape index (κ3) is 3.70. The Labute approximate surface area is 174 Å². The Kier molecular flexibility index (Phi) is 5.10. The van der Waals surface area contributed by atoms with Crippen LogP contribution in [-0.4, -0.2) is 29.3 Å². The first kappa shape index (κ1) is 20.1. The van der Waals surface area contributed by atoms with Gasteiger partial charge in [-0.2, -0.15) is 28.2 Å². The van der Waals surface area contributed by atoms with Gasteiger partial charge in [0.1, 0.15) is 0 Å². The van der Waals surface area contributed by atoms with Crippen LogP contribution in [0.2, 0.25) is 5.28 Å². The highest BCUT2D eigenvalue weighted by Crippen LogP contribution is 2.35.